The smallest absolute Gasteiger partial charge is 0.255 e. The Hall–Kier alpha value is -2.78. The molecule has 0 bridgehead atoms. The van der Waals surface area contributed by atoms with Crippen LogP contribution in [0.2, 0.25) is 5.02 Å². The van der Waals surface area contributed by atoms with Crippen LogP contribution in [0.3, 0.4) is 0 Å². The molecule has 0 saturated carbocycles. The molecule has 0 aliphatic carbocycles. The van der Waals surface area contributed by atoms with Crippen molar-refractivity contribution < 1.29 is 9.53 Å². The van der Waals surface area contributed by atoms with Gasteiger partial charge in [-0.25, -0.2) is 0 Å². The second kappa shape index (κ2) is 8.07. The standard InChI is InChI=1S/C22H20ClNO2/c1-15-6-5-9-21(16(15)2)24-22(25)17-10-12-19(13-11-17)26-14-18-7-3-4-8-20(18)23/h3-13H,14H2,1-2H3,(H,24,25). The van der Waals surface area contributed by atoms with Gasteiger partial charge < -0.3 is 10.1 Å². The molecule has 0 unspecified atom stereocenters. The van der Waals surface area contributed by atoms with E-state index in [0.717, 1.165) is 22.4 Å². The number of benzene rings is 3. The molecular formula is C22H20ClNO2. The van der Waals surface area contributed by atoms with Crippen molar-refractivity contribution in [1.82, 2.24) is 0 Å². The topological polar surface area (TPSA) is 38.3 Å². The lowest BCUT2D eigenvalue weighted by atomic mass is 10.1. The van der Waals surface area contributed by atoms with E-state index >= 15 is 0 Å². The van der Waals surface area contributed by atoms with Gasteiger partial charge in [-0.05, 0) is 61.4 Å². The first-order valence-electron chi connectivity index (χ1n) is 8.38. The van der Waals surface area contributed by atoms with E-state index in [9.17, 15) is 4.79 Å². The molecule has 3 rings (SSSR count). The van der Waals surface area contributed by atoms with Gasteiger partial charge in [0.25, 0.3) is 5.91 Å². The number of hydrogen-bond donors (Lipinski definition) is 1. The molecule has 0 heterocycles. The third kappa shape index (κ3) is 4.24. The number of aryl methyl sites for hydroxylation is 1. The predicted octanol–water partition coefficient (Wildman–Crippen LogP) is 5.79. The van der Waals surface area contributed by atoms with Crippen molar-refractivity contribution in [3.8, 4) is 5.75 Å². The van der Waals surface area contributed by atoms with Crippen molar-refractivity contribution in [3.63, 3.8) is 0 Å². The zero-order valence-corrected chi connectivity index (χ0v) is 15.5. The van der Waals surface area contributed by atoms with Crippen molar-refractivity contribution >= 4 is 23.2 Å². The Kier molecular flexibility index (Phi) is 5.59. The predicted molar refractivity (Wildman–Crippen MR) is 106 cm³/mol. The van der Waals surface area contributed by atoms with E-state index in [4.69, 9.17) is 16.3 Å². The Morgan fingerprint density at radius 1 is 0.962 bits per heavy atom. The van der Waals surface area contributed by atoms with Gasteiger partial charge in [-0.1, -0.05) is 41.9 Å². The molecule has 1 N–H and O–H groups in total. The van der Waals surface area contributed by atoms with E-state index in [2.05, 4.69) is 5.32 Å². The molecule has 1 amide bonds. The monoisotopic (exact) mass is 365 g/mol. The first kappa shape index (κ1) is 18.0. The molecule has 0 aliphatic heterocycles. The number of halogens is 1. The van der Waals surface area contributed by atoms with Crippen LogP contribution >= 0.6 is 11.6 Å². The van der Waals surface area contributed by atoms with E-state index < -0.39 is 0 Å². The summed E-state index contributed by atoms with van der Waals surface area (Å²) in [6, 6.07) is 20.5. The van der Waals surface area contributed by atoms with Crippen molar-refractivity contribution in [2.45, 2.75) is 20.5 Å². The molecule has 26 heavy (non-hydrogen) atoms. The Morgan fingerprint density at radius 2 is 1.69 bits per heavy atom. The molecule has 3 aromatic carbocycles. The van der Waals surface area contributed by atoms with Crippen LogP contribution in [-0.4, -0.2) is 5.91 Å². The van der Waals surface area contributed by atoms with Gasteiger partial charge in [-0.15, -0.1) is 0 Å². The molecule has 0 radical (unpaired) electrons. The Labute approximate surface area is 158 Å². The zero-order valence-electron chi connectivity index (χ0n) is 14.8. The number of ether oxygens (including phenoxy) is 1. The molecule has 0 aromatic heterocycles. The second-order valence-electron chi connectivity index (χ2n) is 6.11. The maximum atomic E-state index is 12.4. The molecule has 0 aliphatic rings. The van der Waals surface area contributed by atoms with E-state index in [1.807, 2.05) is 56.3 Å². The van der Waals surface area contributed by atoms with Crippen LogP contribution < -0.4 is 10.1 Å². The fraction of sp³-hybridized carbons (Fsp3) is 0.136. The van der Waals surface area contributed by atoms with E-state index in [1.165, 1.54) is 0 Å². The van der Waals surface area contributed by atoms with Crippen LogP contribution in [0.25, 0.3) is 0 Å². The third-order valence-corrected chi connectivity index (χ3v) is 4.69. The fourth-order valence-electron chi connectivity index (χ4n) is 2.56. The number of carbonyl (C=O) groups is 1. The summed E-state index contributed by atoms with van der Waals surface area (Å²) in [5, 5.41) is 3.63. The lowest BCUT2D eigenvalue weighted by Gasteiger charge is -2.11. The van der Waals surface area contributed by atoms with Gasteiger partial charge in [0.1, 0.15) is 12.4 Å². The van der Waals surface area contributed by atoms with Crippen LogP contribution in [0.15, 0.2) is 66.7 Å². The highest BCUT2D eigenvalue weighted by molar-refractivity contribution is 6.31. The van der Waals surface area contributed by atoms with Crippen molar-refractivity contribution in [2.75, 3.05) is 5.32 Å². The number of nitrogens with one attached hydrogen (secondary N) is 1. The first-order chi connectivity index (χ1) is 12.5. The highest BCUT2D eigenvalue weighted by atomic mass is 35.5. The highest BCUT2D eigenvalue weighted by Crippen LogP contribution is 2.21. The number of anilines is 1. The summed E-state index contributed by atoms with van der Waals surface area (Å²) < 4.78 is 5.74. The van der Waals surface area contributed by atoms with E-state index in [1.54, 1.807) is 24.3 Å². The van der Waals surface area contributed by atoms with Crippen LogP contribution in [0.5, 0.6) is 5.75 Å². The molecule has 0 fully saturated rings. The molecule has 0 saturated heterocycles. The van der Waals surface area contributed by atoms with Gasteiger partial charge in [0, 0.05) is 21.8 Å². The molecule has 3 nitrogen and oxygen atoms in total. The molecule has 4 heteroatoms. The summed E-state index contributed by atoms with van der Waals surface area (Å²) >= 11 is 6.13. The number of hydrogen-bond acceptors (Lipinski definition) is 2. The number of rotatable bonds is 5. The molecule has 0 atom stereocenters. The van der Waals surface area contributed by atoms with Gasteiger partial charge in [0.15, 0.2) is 0 Å². The van der Waals surface area contributed by atoms with Gasteiger partial charge in [-0.2, -0.15) is 0 Å². The molecule has 3 aromatic rings. The van der Waals surface area contributed by atoms with Gasteiger partial charge in [0.2, 0.25) is 0 Å². The average Bonchev–Trinajstić information content (AvgIpc) is 2.65. The fourth-order valence-corrected chi connectivity index (χ4v) is 2.75. The SMILES string of the molecule is Cc1cccc(NC(=O)c2ccc(OCc3ccccc3Cl)cc2)c1C. The normalized spacial score (nSPS) is 10.4. The van der Waals surface area contributed by atoms with E-state index in [-0.39, 0.29) is 5.91 Å². The van der Waals surface area contributed by atoms with Gasteiger partial charge >= 0.3 is 0 Å². The summed E-state index contributed by atoms with van der Waals surface area (Å²) in [7, 11) is 0. The van der Waals surface area contributed by atoms with Gasteiger partial charge in [-0.3, -0.25) is 4.79 Å². The van der Waals surface area contributed by atoms with Crippen LogP contribution in [0.4, 0.5) is 5.69 Å². The number of amides is 1. The summed E-state index contributed by atoms with van der Waals surface area (Å²) in [4.78, 5) is 12.4. The lowest BCUT2D eigenvalue weighted by molar-refractivity contribution is 0.102. The second-order valence-corrected chi connectivity index (χ2v) is 6.51. The molecule has 0 spiro atoms. The quantitative estimate of drug-likeness (QED) is 0.621. The van der Waals surface area contributed by atoms with Crippen molar-refractivity contribution in [3.05, 3.63) is 94.0 Å². The summed E-state index contributed by atoms with van der Waals surface area (Å²) in [6.07, 6.45) is 0. The largest absolute Gasteiger partial charge is 0.489 e. The first-order valence-corrected chi connectivity index (χ1v) is 8.76. The van der Waals surface area contributed by atoms with Crippen LogP contribution in [-0.2, 0) is 6.61 Å². The van der Waals surface area contributed by atoms with Crippen molar-refractivity contribution in [1.29, 1.82) is 0 Å². The molecule has 132 valence electrons. The Balaban J connectivity index is 1.64. The average molecular weight is 366 g/mol. The van der Waals surface area contributed by atoms with Gasteiger partial charge in [0.05, 0.1) is 0 Å². The zero-order chi connectivity index (χ0) is 18.5. The Morgan fingerprint density at radius 3 is 2.42 bits per heavy atom. The Bertz CT molecular complexity index is 920. The van der Waals surface area contributed by atoms with Crippen LogP contribution in [0, 0.1) is 13.8 Å². The summed E-state index contributed by atoms with van der Waals surface area (Å²) in [5.41, 5.74) is 4.54. The summed E-state index contributed by atoms with van der Waals surface area (Å²) in [6.45, 7) is 4.40. The highest BCUT2D eigenvalue weighted by Gasteiger charge is 2.09. The number of carbonyl (C=O) groups excluding carboxylic acids is 1. The minimum Gasteiger partial charge on any atom is -0.489 e. The maximum absolute atomic E-state index is 12.4. The van der Waals surface area contributed by atoms with Crippen molar-refractivity contribution in [2.24, 2.45) is 0 Å². The maximum Gasteiger partial charge on any atom is 0.255 e. The minimum atomic E-state index is -0.142. The van der Waals surface area contributed by atoms with Crippen LogP contribution in [0.1, 0.15) is 27.0 Å². The lowest BCUT2D eigenvalue weighted by Crippen LogP contribution is -2.13. The summed E-state index contributed by atoms with van der Waals surface area (Å²) in [5.74, 6) is 0.546. The van der Waals surface area contributed by atoms with E-state index in [0.29, 0.717) is 22.9 Å². The minimum absolute atomic E-state index is 0.142. The molecular weight excluding hydrogens is 346 g/mol. The third-order valence-electron chi connectivity index (χ3n) is 4.32.